The van der Waals surface area contributed by atoms with Crippen molar-refractivity contribution in [3.8, 4) is 6.07 Å². The zero-order valence-corrected chi connectivity index (χ0v) is 8.91. The molecule has 14 heavy (non-hydrogen) atoms. The minimum atomic E-state index is 0.159. The van der Waals surface area contributed by atoms with Crippen molar-refractivity contribution in [2.45, 2.75) is 57.7 Å². The van der Waals surface area contributed by atoms with Crippen LogP contribution in [0.25, 0.3) is 0 Å². The molecule has 0 aromatic carbocycles. The normalized spacial score (nSPS) is 38.7. The highest BCUT2D eigenvalue weighted by atomic mass is 16.5. The Morgan fingerprint density at radius 1 is 1.21 bits per heavy atom. The molecule has 78 valence electrons. The molecule has 0 aromatic rings. The summed E-state index contributed by atoms with van der Waals surface area (Å²) in [5, 5.41) is 9.02. The summed E-state index contributed by atoms with van der Waals surface area (Å²) in [6.07, 6.45) is 7.76. The topological polar surface area (TPSA) is 33.0 Å². The fourth-order valence-corrected chi connectivity index (χ4v) is 2.38. The largest absolute Gasteiger partial charge is 0.374 e. The van der Waals surface area contributed by atoms with Crippen LogP contribution in [0.15, 0.2) is 0 Å². The van der Waals surface area contributed by atoms with E-state index in [1.165, 1.54) is 25.7 Å². The van der Waals surface area contributed by atoms with Crippen molar-refractivity contribution in [3.05, 3.63) is 0 Å². The molecule has 0 saturated heterocycles. The van der Waals surface area contributed by atoms with Gasteiger partial charge in [0.1, 0.15) is 0 Å². The molecular formula is C12H19NO. The standard InChI is InChI=1S/C12H19NO/c1-9-5-6-10(8-13)12(7-9)14-11-3-2-4-11/h9-12H,2-7H2,1H3. The van der Waals surface area contributed by atoms with E-state index < -0.39 is 0 Å². The first kappa shape index (κ1) is 9.98. The minimum absolute atomic E-state index is 0.159. The lowest BCUT2D eigenvalue weighted by atomic mass is 9.81. The predicted octanol–water partition coefficient (Wildman–Crippen LogP) is 2.88. The first-order chi connectivity index (χ1) is 6.79. The van der Waals surface area contributed by atoms with E-state index in [9.17, 15) is 0 Å². The summed E-state index contributed by atoms with van der Waals surface area (Å²) in [5.41, 5.74) is 0. The van der Waals surface area contributed by atoms with E-state index in [2.05, 4.69) is 13.0 Å². The highest BCUT2D eigenvalue weighted by molar-refractivity contribution is 4.94. The predicted molar refractivity (Wildman–Crippen MR) is 54.6 cm³/mol. The first-order valence-corrected chi connectivity index (χ1v) is 5.84. The Labute approximate surface area is 86.2 Å². The van der Waals surface area contributed by atoms with Gasteiger partial charge in [-0.1, -0.05) is 6.92 Å². The van der Waals surface area contributed by atoms with E-state index in [1.54, 1.807) is 0 Å². The third kappa shape index (κ3) is 2.09. The molecule has 2 fully saturated rings. The number of nitriles is 1. The third-order valence-corrected chi connectivity index (χ3v) is 3.64. The van der Waals surface area contributed by atoms with Gasteiger partial charge >= 0.3 is 0 Å². The summed E-state index contributed by atoms with van der Waals surface area (Å²) in [5.74, 6) is 0.900. The van der Waals surface area contributed by atoms with Gasteiger partial charge in [0.15, 0.2) is 0 Å². The number of hydrogen-bond donors (Lipinski definition) is 0. The summed E-state index contributed by atoms with van der Waals surface area (Å²) >= 11 is 0. The monoisotopic (exact) mass is 193 g/mol. The molecular weight excluding hydrogens is 174 g/mol. The second-order valence-electron chi connectivity index (χ2n) is 4.88. The SMILES string of the molecule is CC1CCC(C#N)C(OC2CCC2)C1. The van der Waals surface area contributed by atoms with Gasteiger partial charge in [-0.05, 0) is 44.4 Å². The zero-order valence-electron chi connectivity index (χ0n) is 8.91. The van der Waals surface area contributed by atoms with Gasteiger partial charge in [-0.3, -0.25) is 0 Å². The third-order valence-electron chi connectivity index (χ3n) is 3.64. The molecule has 0 radical (unpaired) electrons. The fraction of sp³-hybridized carbons (Fsp3) is 0.917. The molecule has 2 rings (SSSR count). The highest BCUT2D eigenvalue weighted by Crippen LogP contribution is 2.34. The van der Waals surface area contributed by atoms with Crippen LogP contribution in [0.3, 0.4) is 0 Å². The Balaban J connectivity index is 1.88. The molecule has 0 aromatic heterocycles. The van der Waals surface area contributed by atoms with Gasteiger partial charge < -0.3 is 4.74 Å². The highest BCUT2D eigenvalue weighted by Gasteiger charge is 2.32. The van der Waals surface area contributed by atoms with Gasteiger partial charge in [0.05, 0.1) is 24.2 Å². The number of rotatable bonds is 2. The molecule has 2 nitrogen and oxygen atoms in total. The van der Waals surface area contributed by atoms with Crippen molar-refractivity contribution in [3.63, 3.8) is 0 Å². The van der Waals surface area contributed by atoms with Gasteiger partial charge in [-0.25, -0.2) is 0 Å². The lowest BCUT2D eigenvalue weighted by Crippen LogP contribution is -2.36. The van der Waals surface area contributed by atoms with E-state index >= 15 is 0 Å². The Hall–Kier alpha value is -0.550. The second kappa shape index (κ2) is 4.31. The van der Waals surface area contributed by atoms with Crippen LogP contribution in [0.1, 0.15) is 45.4 Å². The summed E-state index contributed by atoms with van der Waals surface area (Å²) < 4.78 is 5.98. The average Bonchev–Trinajstić information content (AvgIpc) is 2.12. The molecule has 2 aliphatic rings. The van der Waals surface area contributed by atoms with Crippen molar-refractivity contribution >= 4 is 0 Å². The zero-order chi connectivity index (χ0) is 9.97. The molecule has 0 heterocycles. The molecule has 0 amide bonds. The van der Waals surface area contributed by atoms with Crippen molar-refractivity contribution in [2.24, 2.45) is 11.8 Å². The van der Waals surface area contributed by atoms with Crippen molar-refractivity contribution in [1.29, 1.82) is 5.26 Å². The second-order valence-corrected chi connectivity index (χ2v) is 4.88. The maximum atomic E-state index is 9.02. The molecule has 0 N–H and O–H groups in total. The van der Waals surface area contributed by atoms with Crippen LogP contribution in [0.5, 0.6) is 0 Å². The molecule has 2 saturated carbocycles. The van der Waals surface area contributed by atoms with E-state index in [-0.39, 0.29) is 12.0 Å². The van der Waals surface area contributed by atoms with Crippen LogP contribution < -0.4 is 0 Å². The molecule has 2 heteroatoms. The van der Waals surface area contributed by atoms with Crippen LogP contribution in [0.4, 0.5) is 0 Å². The first-order valence-electron chi connectivity index (χ1n) is 5.84. The summed E-state index contributed by atoms with van der Waals surface area (Å²) in [6, 6.07) is 2.40. The van der Waals surface area contributed by atoms with E-state index in [1.807, 2.05) is 0 Å². The molecule has 3 atom stereocenters. The molecule has 0 bridgehead atoms. The van der Waals surface area contributed by atoms with E-state index in [0.29, 0.717) is 6.10 Å². The smallest absolute Gasteiger partial charge is 0.0739 e. The number of nitrogens with zero attached hydrogens (tertiary/aromatic N) is 1. The molecule has 0 spiro atoms. The van der Waals surface area contributed by atoms with Gasteiger partial charge in [0.25, 0.3) is 0 Å². The maximum Gasteiger partial charge on any atom is 0.0739 e. The van der Waals surface area contributed by atoms with Crippen LogP contribution >= 0.6 is 0 Å². The molecule has 0 aliphatic heterocycles. The van der Waals surface area contributed by atoms with Gasteiger partial charge in [-0.2, -0.15) is 5.26 Å². The van der Waals surface area contributed by atoms with Crippen LogP contribution in [0.2, 0.25) is 0 Å². The van der Waals surface area contributed by atoms with Crippen LogP contribution in [-0.2, 0) is 4.74 Å². The molecule has 3 unspecified atom stereocenters. The van der Waals surface area contributed by atoms with Crippen molar-refractivity contribution in [2.75, 3.05) is 0 Å². The lowest BCUT2D eigenvalue weighted by molar-refractivity contribution is -0.0859. The van der Waals surface area contributed by atoms with E-state index in [0.717, 1.165) is 18.8 Å². The van der Waals surface area contributed by atoms with Crippen LogP contribution in [0, 0.1) is 23.2 Å². The van der Waals surface area contributed by atoms with Gasteiger partial charge in [0.2, 0.25) is 0 Å². The summed E-state index contributed by atoms with van der Waals surface area (Å²) in [6.45, 7) is 2.27. The maximum absolute atomic E-state index is 9.02. The Kier molecular flexibility index (Phi) is 3.08. The Bertz CT molecular complexity index is 229. The summed E-state index contributed by atoms with van der Waals surface area (Å²) in [7, 11) is 0. The van der Waals surface area contributed by atoms with Gasteiger partial charge in [0, 0.05) is 0 Å². The summed E-state index contributed by atoms with van der Waals surface area (Å²) in [4.78, 5) is 0. The fourth-order valence-electron chi connectivity index (χ4n) is 2.38. The molecule has 2 aliphatic carbocycles. The minimum Gasteiger partial charge on any atom is -0.374 e. The average molecular weight is 193 g/mol. The Morgan fingerprint density at radius 2 is 2.00 bits per heavy atom. The van der Waals surface area contributed by atoms with Crippen molar-refractivity contribution in [1.82, 2.24) is 0 Å². The van der Waals surface area contributed by atoms with E-state index in [4.69, 9.17) is 10.00 Å². The quantitative estimate of drug-likeness (QED) is 0.675. The van der Waals surface area contributed by atoms with Crippen molar-refractivity contribution < 1.29 is 4.74 Å². The number of ether oxygens (including phenoxy) is 1. The van der Waals surface area contributed by atoms with Gasteiger partial charge in [-0.15, -0.1) is 0 Å². The lowest BCUT2D eigenvalue weighted by Gasteiger charge is -2.36. The number of hydrogen-bond acceptors (Lipinski definition) is 2. The van der Waals surface area contributed by atoms with Crippen LogP contribution in [-0.4, -0.2) is 12.2 Å². The Morgan fingerprint density at radius 3 is 2.57 bits per heavy atom.